The first-order valence-electron chi connectivity index (χ1n) is 7.56. The molecule has 0 bridgehead atoms. The van der Waals surface area contributed by atoms with Crippen LogP contribution in [0.4, 0.5) is 5.13 Å². The predicted octanol–water partition coefficient (Wildman–Crippen LogP) is 3.67. The molecule has 4 rings (SSSR count). The molecule has 2 aromatic heterocycles. The van der Waals surface area contributed by atoms with Crippen LogP contribution in [0, 0.1) is 0 Å². The lowest BCUT2D eigenvalue weighted by Gasteiger charge is -2.05. The van der Waals surface area contributed by atoms with Gasteiger partial charge in [0.2, 0.25) is 0 Å². The smallest absolute Gasteiger partial charge is 0.293 e. The van der Waals surface area contributed by atoms with Crippen LogP contribution in [0.1, 0.15) is 38.8 Å². The standard InChI is InChI=1S/C17H14N2O4S/c1-22-12-7-2-4-9-8-13(23-14(9)12)16(21)19-17-18-10-5-3-6-11(20)15(10)24-17/h2,4,7-8H,3,5-6H2,1H3,(H,18,19,21). The molecule has 1 N–H and O–H groups in total. The zero-order chi connectivity index (χ0) is 16.7. The summed E-state index contributed by atoms with van der Waals surface area (Å²) >= 11 is 1.22. The number of ether oxygens (including phenoxy) is 1. The van der Waals surface area contributed by atoms with Gasteiger partial charge in [-0.15, -0.1) is 0 Å². The van der Waals surface area contributed by atoms with Crippen LogP contribution in [0.3, 0.4) is 0 Å². The van der Waals surface area contributed by atoms with Crippen molar-refractivity contribution in [3.63, 3.8) is 0 Å². The van der Waals surface area contributed by atoms with Gasteiger partial charge in [-0.05, 0) is 25.0 Å². The van der Waals surface area contributed by atoms with Crippen LogP contribution in [0.2, 0.25) is 0 Å². The van der Waals surface area contributed by atoms with E-state index in [1.54, 1.807) is 19.2 Å². The molecule has 1 aromatic carbocycles. The number of fused-ring (bicyclic) bond motifs is 2. The van der Waals surface area contributed by atoms with Crippen molar-refractivity contribution in [1.82, 2.24) is 4.98 Å². The highest BCUT2D eigenvalue weighted by Crippen LogP contribution is 2.31. The summed E-state index contributed by atoms with van der Waals surface area (Å²) in [6.45, 7) is 0. The number of para-hydroxylation sites is 1. The number of nitrogens with zero attached hydrogens (tertiary/aromatic N) is 1. The number of anilines is 1. The first-order chi connectivity index (χ1) is 11.7. The number of thiazole rings is 1. The number of aryl methyl sites for hydroxylation is 1. The highest BCUT2D eigenvalue weighted by Gasteiger charge is 2.23. The molecule has 0 atom stereocenters. The third-order valence-electron chi connectivity index (χ3n) is 3.94. The number of furan rings is 1. The fourth-order valence-electron chi connectivity index (χ4n) is 2.79. The second-order valence-corrected chi connectivity index (χ2v) is 6.51. The van der Waals surface area contributed by atoms with Crippen LogP contribution >= 0.6 is 11.3 Å². The largest absolute Gasteiger partial charge is 0.493 e. The fraction of sp³-hybridized carbons (Fsp3) is 0.235. The van der Waals surface area contributed by atoms with E-state index >= 15 is 0 Å². The number of hydrogen-bond acceptors (Lipinski definition) is 6. The Bertz CT molecular complexity index is 957. The summed E-state index contributed by atoms with van der Waals surface area (Å²) in [5, 5.41) is 3.93. The molecule has 0 fully saturated rings. The van der Waals surface area contributed by atoms with Gasteiger partial charge in [-0.25, -0.2) is 4.98 Å². The molecule has 0 saturated carbocycles. The minimum absolute atomic E-state index is 0.0997. The van der Waals surface area contributed by atoms with Gasteiger partial charge in [0, 0.05) is 11.8 Å². The molecule has 7 heteroatoms. The maximum absolute atomic E-state index is 12.4. The number of Topliss-reactive ketones (excluding diaryl/α,β-unsaturated/α-hetero) is 1. The number of ketones is 1. The lowest BCUT2D eigenvalue weighted by atomic mass is 10.0. The lowest BCUT2D eigenvalue weighted by molar-refractivity contribution is 0.0974. The number of carbonyl (C=O) groups is 2. The van der Waals surface area contributed by atoms with Gasteiger partial charge in [-0.1, -0.05) is 23.5 Å². The number of aromatic nitrogens is 1. The molecule has 0 spiro atoms. The zero-order valence-electron chi connectivity index (χ0n) is 12.9. The fourth-order valence-corrected chi connectivity index (χ4v) is 3.76. The molecule has 122 valence electrons. The first-order valence-corrected chi connectivity index (χ1v) is 8.38. The van der Waals surface area contributed by atoms with Crippen LogP contribution in [0.5, 0.6) is 5.75 Å². The Kier molecular flexibility index (Phi) is 3.57. The van der Waals surface area contributed by atoms with Gasteiger partial charge in [0.25, 0.3) is 5.91 Å². The Morgan fingerprint density at radius 2 is 2.25 bits per heavy atom. The zero-order valence-corrected chi connectivity index (χ0v) is 13.7. The Hall–Kier alpha value is -2.67. The molecule has 2 heterocycles. The molecule has 1 aliphatic carbocycles. The summed E-state index contributed by atoms with van der Waals surface area (Å²) in [6, 6.07) is 7.11. The molecule has 6 nitrogen and oxygen atoms in total. The van der Waals surface area contributed by atoms with E-state index < -0.39 is 5.91 Å². The second-order valence-electron chi connectivity index (χ2n) is 5.51. The highest BCUT2D eigenvalue weighted by molar-refractivity contribution is 7.17. The summed E-state index contributed by atoms with van der Waals surface area (Å²) in [7, 11) is 1.55. The molecule has 0 unspecified atom stereocenters. The minimum atomic E-state index is -0.396. The molecule has 1 amide bonds. The van der Waals surface area contributed by atoms with Crippen molar-refractivity contribution >= 4 is 39.1 Å². The van der Waals surface area contributed by atoms with E-state index in [0.29, 0.717) is 27.8 Å². The molecular formula is C17H14N2O4S. The molecule has 0 radical (unpaired) electrons. The Morgan fingerprint density at radius 1 is 1.38 bits per heavy atom. The van der Waals surface area contributed by atoms with Gasteiger partial charge in [0.1, 0.15) is 0 Å². The van der Waals surface area contributed by atoms with Crippen LogP contribution in [0.25, 0.3) is 11.0 Å². The number of rotatable bonds is 3. The van der Waals surface area contributed by atoms with Crippen molar-refractivity contribution in [1.29, 1.82) is 0 Å². The number of methoxy groups -OCH3 is 1. The number of benzene rings is 1. The van der Waals surface area contributed by atoms with Crippen LogP contribution in [-0.2, 0) is 6.42 Å². The van der Waals surface area contributed by atoms with Gasteiger partial charge in [0.15, 0.2) is 28.0 Å². The Morgan fingerprint density at radius 3 is 3.04 bits per heavy atom. The van der Waals surface area contributed by atoms with Crippen molar-refractivity contribution < 1.29 is 18.7 Å². The number of carbonyl (C=O) groups excluding carboxylic acids is 2. The number of hydrogen-bond donors (Lipinski definition) is 1. The molecule has 0 saturated heterocycles. The van der Waals surface area contributed by atoms with Crippen LogP contribution in [0.15, 0.2) is 28.7 Å². The second kappa shape index (κ2) is 5.76. The maximum Gasteiger partial charge on any atom is 0.293 e. The number of nitrogens with one attached hydrogen (secondary N) is 1. The van der Waals surface area contributed by atoms with E-state index in [0.717, 1.165) is 23.9 Å². The molecular weight excluding hydrogens is 328 g/mol. The van der Waals surface area contributed by atoms with Gasteiger partial charge in [-0.2, -0.15) is 0 Å². The highest BCUT2D eigenvalue weighted by atomic mass is 32.1. The topological polar surface area (TPSA) is 81.4 Å². The molecule has 0 aliphatic heterocycles. The van der Waals surface area contributed by atoms with E-state index in [-0.39, 0.29) is 11.5 Å². The average Bonchev–Trinajstić information content (AvgIpc) is 3.18. The summed E-state index contributed by atoms with van der Waals surface area (Å²) in [5.41, 5.74) is 1.30. The number of amides is 1. The Labute approximate surface area is 141 Å². The third kappa shape index (κ3) is 2.46. The minimum Gasteiger partial charge on any atom is -0.493 e. The lowest BCUT2D eigenvalue weighted by Crippen LogP contribution is -2.10. The summed E-state index contributed by atoms with van der Waals surface area (Å²) in [4.78, 5) is 29.3. The SMILES string of the molecule is COc1cccc2cc(C(=O)Nc3nc4c(s3)C(=O)CCC4)oc12. The summed E-state index contributed by atoms with van der Waals surface area (Å²) in [6.07, 6.45) is 2.13. The first kappa shape index (κ1) is 14.9. The molecule has 24 heavy (non-hydrogen) atoms. The maximum atomic E-state index is 12.4. The van der Waals surface area contributed by atoms with E-state index in [1.807, 2.05) is 12.1 Å². The normalized spacial score (nSPS) is 13.8. The van der Waals surface area contributed by atoms with Crippen molar-refractivity contribution in [2.24, 2.45) is 0 Å². The average molecular weight is 342 g/mol. The monoisotopic (exact) mass is 342 g/mol. The van der Waals surface area contributed by atoms with Gasteiger partial charge in [0.05, 0.1) is 17.7 Å². The molecule has 3 aromatic rings. The van der Waals surface area contributed by atoms with Crippen molar-refractivity contribution in [2.75, 3.05) is 12.4 Å². The van der Waals surface area contributed by atoms with Gasteiger partial charge < -0.3 is 9.15 Å². The van der Waals surface area contributed by atoms with E-state index in [1.165, 1.54) is 11.3 Å². The van der Waals surface area contributed by atoms with Crippen LogP contribution < -0.4 is 10.1 Å². The van der Waals surface area contributed by atoms with Crippen molar-refractivity contribution in [2.45, 2.75) is 19.3 Å². The Balaban J connectivity index is 1.62. The van der Waals surface area contributed by atoms with E-state index in [9.17, 15) is 9.59 Å². The van der Waals surface area contributed by atoms with Crippen molar-refractivity contribution in [3.05, 3.63) is 40.6 Å². The quantitative estimate of drug-likeness (QED) is 0.785. The van der Waals surface area contributed by atoms with E-state index in [2.05, 4.69) is 10.3 Å². The van der Waals surface area contributed by atoms with Gasteiger partial charge >= 0.3 is 0 Å². The van der Waals surface area contributed by atoms with Crippen molar-refractivity contribution in [3.8, 4) is 5.75 Å². The third-order valence-corrected chi connectivity index (χ3v) is 4.99. The van der Waals surface area contributed by atoms with E-state index in [4.69, 9.17) is 9.15 Å². The predicted molar refractivity (Wildman–Crippen MR) is 90.1 cm³/mol. The molecule has 1 aliphatic rings. The summed E-state index contributed by atoms with van der Waals surface area (Å²) in [5.74, 6) is 0.449. The van der Waals surface area contributed by atoms with Crippen LogP contribution in [-0.4, -0.2) is 23.8 Å². The van der Waals surface area contributed by atoms with Gasteiger partial charge in [-0.3, -0.25) is 14.9 Å². The summed E-state index contributed by atoms with van der Waals surface area (Å²) < 4.78 is 10.9.